The van der Waals surface area contributed by atoms with E-state index >= 15 is 8.78 Å². The van der Waals surface area contributed by atoms with Crippen LogP contribution in [-0.4, -0.2) is 56.3 Å². The number of alkyl halides is 2. The maximum absolute atomic E-state index is 17.2. The SMILES string of the molecule is CCC(=O)O[C@]1(C(=O)O)[C@H](C)C[C@H]2[C@@H]3C[C@H](F)C4=CC(=O)C=C[C@]4(C)[C@@]3(F)C(O)(O)C[C@@]21C. The van der Waals surface area contributed by atoms with E-state index in [-0.39, 0.29) is 18.4 Å². The highest BCUT2D eigenvalue weighted by atomic mass is 19.1. The first-order valence-electron chi connectivity index (χ1n) is 11.3. The van der Waals surface area contributed by atoms with Crippen molar-refractivity contribution >= 4 is 17.7 Å². The number of allylic oxidation sites excluding steroid dienone is 4. The molecule has 3 fully saturated rings. The predicted molar refractivity (Wildman–Crippen MR) is 111 cm³/mol. The number of ketones is 1. The number of esters is 1. The second-order valence-corrected chi connectivity index (χ2v) is 10.6. The first-order chi connectivity index (χ1) is 15.1. The third kappa shape index (κ3) is 2.63. The van der Waals surface area contributed by atoms with E-state index in [4.69, 9.17) is 4.74 Å². The minimum Gasteiger partial charge on any atom is -0.478 e. The van der Waals surface area contributed by atoms with E-state index in [1.807, 2.05) is 0 Å². The van der Waals surface area contributed by atoms with Crippen LogP contribution in [0, 0.1) is 28.6 Å². The highest BCUT2D eigenvalue weighted by Crippen LogP contribution is 2.73. The molecule has 0 radical (unpaired) electrons. The van der Waals surface area contributed by atoms with Gasteiger partial charge in [0.1, 0.15) is 6.17 Å². The third-order valence-electron chi connectivity index (χ3n) is 9.08. The summed E-state index contributed by atoms with van der Waals surface area (Å²) in [7, 11) is 0. The van der Waals surface area contributed by atoms with E-state index in [9.17, 15) is 29.7 Å². The number of fused-ring (bicyclic) bond motifs is 5. The molecule has 0 aliphatic heterocycles. The highest BCUT2D eigenvalue weighted by Gasteiger charge is 2.82. The van der Waals surface area contributed by atoms with Crippen molar-refractivity contribution in [3.63, 3.8) is 0 Å². The largest absolute Gasteiger partial charge is 0.478 e. The van der Waals surface area contributed by atoms with E-state index in [1.165, 1.54) is 26.8 Å². The van der Waals surface area contributed by atoms with E-state index in [1.54, 1.807) is 6.92 Å². The van der Waals surface area contributed by atoms with Gasteiger partial charge in [-0.15, -0.1) is 0 Å². The molecule has 4 aliphatic rings. The molecule has 3 saturated carbocycles. The predicted octanol–water partition coefficient (Wildman–Crippen LogP) is 2.65. The summed E-state index contributed by atoms with van der Waals surface area (Å²) in [5.74, 6) is -8.75. The fourth-order valence-corrected chi connectivity index (χ4v) is 7.62. The number of rotatable bonds is 3. The van der Waals surface area contributed by atoms with Gasteiger partial charge in [0.2, 0.25) is 5.60 Å². The van der Waals surface area contributed by atoms with Gasteiger partial charge in [-0.25, -0.2) is 13.6 Å². The molecule has 9 heteroatoms. The Kier molecular flexibility index (Phi) is 5.05. The zero-order valence-electron chi connectivity index (χ0n) is 19.1. The van der Waals surface area contributed by atoms with E-state index in [0.717, 1.165) is 12.2 Å². The van der Waals surface area contributed by atoms with Crippen LogP contribution in [0.4, 0.5) is 8.78 Å². The second-order valence-electron chi connectivity index (χ2n) is 10.6. The first-order valence-corrected chi connectivity index (χ1v) is 11.3. The average molecular weight is 468 g/mol. The molecule has 0 aromatic rings. The molecule has 0 saturated heterocycles. The molecular weight excluding hydrogens is 438 g/mol. The Bertz CT molecular complexity index is 989. The summed E-state index contributed by atoms with van der Waals surface area (Å²) in [5.41, 5.74) is -8.51. The summed E-state index contributed by atoms with van der Waals surface area (Å²) < 4.78 is 38.2. The lowest BCUT2D eigenvalue weighted by Crippen LogP contribution is -2.75. The van der Waals surface area contributed by atoms with Gasteiger partial charge in [0.15, 0.2) is 17.2 Å². The molecule has 4 aliphatic carbocycles. The van der Waals surface area contributed by atoms with Crippen LogP contribution in [0.25, 0.3) is 0 Å². The van der Waals surface area contributed by atoms with E-state index in [2.05, 4.69) is 0 Å². The lowest BCUT2D eigenvalue weighted by atomic mass is 9.43. The Morgan fingerprint density at radius 3 is 2.42 bits per heavy atom. The van der Waals surface area contributed by atoms with Crippen LogP contribution in [-0.2, 0) is 19.1 Å². The lowest BCUT2D eigenvalue weighted by molar-refractivity contribution is -0.350. The Hall–Kier alpha value is -2.13. The smallest absolute Gasteiger partial charge is 0.349 e. The Balaban J connectivity index is 1.93. The molecular formula is C24H30F2O7. The summed E-state index contributed by atoms with van der Waals surface area (Å²) in [6.07, 6.45) is 0.354. The molecule has 0 amide bonds. The summed E-state index contributed by atoms with van der Waals surface area (Å²) in [6.45, 7) is 5.87. The van der Waals surface area contributed by atoms with Crippen LogP contribution in [0.5, 0.6) is 0 Å². The zero-order chi connectivity index (χ0) is 24.8. The molecule has 0 unspecified atom stereocenters. The summed E-state index contributed by atoms with van der Waals surface area (Å²) >= 11 is 0. The normalized spacial score (nSPS) is 47.8. The van der Waals surface area contributed by atoms with Crippen molar-refractivity contribution in [1.82, 2.24) is 0 Å². The molecule has 0 spiro atoms. The van der Waals surface area contributed by atoms with Crippen molar-refractivity contribution in [2.24, 2.45) is 28.6 Å². The number of carboxylic acid groups (broad SMARTS) is 1. The minimum absolute atomic E-state index is 0.0940. The Labute approximate surface area is 190 Å². The third-order valence-corrected chi connectivity index (χ3v) is 9.08. The number of hydrogen-bond donors (Lipinski definition) is 3. The highest BCUT2D eigenvalue weighted by molar-refractivity contribution is 6.01. The molecule has 4 rings (SSSR count). The number of aliphatic carboxylic acids is 1. The number of carboxylic acids is 1. The number of hydrogen-bond acceptors (Lipinski definition) is 6. The van der Waals surface area contributed by atoms with Gasteiger partial charge in [-0.1, -0.05) is 26.8 Å². The van der Waals surface area contributed by atoms with E-state index < -0.39 is 82.4 Å². The van der Waals surface area contributed by atoms with Gasteiger partial charge < -0.3 is 20.1 Å². The van der Waals surface area contributed by atoms with Crippen LogP contribution in [0.2, 0.25) is 0 Å². The molecule has 3 N–H and O–H groups in total. The van der Waals surface area contributed by atoms with E-state index in [0.29, 0.717) is 0 Å². The number of carbonyl (C=O) groups excluding carboxylic acids is 2. The van der Waals surface area contributed by atoms with Crippen LogP contribution in [0.3, 0.4) is 0 Å². The Morgan fingerprint density at radius 2 is 1.85 bits per heavy atom. The van der Waals surface area contributed by atoms with Crippen molar-refractivity contribution in [2.75, 3.05) is 0 Å². The van der Waals surface area contributed by atoms with Crippen molar-refractivity contribution < 1.29 is 43.2 Å². The zero-order valence-corrected chi connectivity index (χ0v) is 19.1. The monoisotopic (exact) mass is 468 g/mol. The number of carbonyl (C=O) groups is 3. The number of halogens is 2. The maximum atomic E-state index is 17.2. The van der Waals surface area contributed by atoms with Crippen LogP contribution < -0.4 is 0 Å². The van der Waals surface area contributed by atoms with Gasteiger partial charge in [-0.05, 0) is 43.4 Å². The lowest BCUT2D eigenvalue weighted by Gasteiger charge is -2.65. The molecule has 8 atom stereocenters. The maximum Gasteiger partial charge on any atom is 0.349 e. The molecule has 182 valence electrons. The van der Waals surface area contributed by atoms with Gasteiger partial charge in [-0.3, -0.25) is 9.59 Å². The summed E-state index contributed by atoms with van der Waals surface area (Å²) in [6, 6.07) is 0. The van der Waals surface area contributed by atoms with Crippen molar-refractivity contribution in [2.45, 2.75) is 76.6 Å². The summed E-state index contributed by atoms with van der Waals surface area (Å²) in [5, 5.41) is 32.8. The fraction of sp³-hybridized carbons (Fsp3) is 0.708. The molecule has 0 heterocycles. The Morgan fingerprint density at radius 1 is 1.21 bits per heavy atom. The van der Waals surface area contributed by atoms with Gasteiger partial charge >= 0.3 is 11.9 Å². The van der Waals surface area contributed by atoms with Crippen LogP contribution >= 0.6 is 0 Å². The van der Waals surface area contributed by atoms with Crippen molar-refractivity contribution in [3.05, 3.63) is 23.8 Å². The minimum atomic E-state index is -3.09. The molecule has 7 nitrogen and oxygen atoms in total. The standard InChI is InChI=1S/C24H30F2O7/c1-5-18(28)33-23(19(29)30)12(2)8-14-15-10-17(25)16-9-13(27)6-7-20(16,3)24(15,26)22(31,32)11-21(14,23)4/h6-7,9,12,14-15,17,31-32H,5,8,10-11H2,1-4H3,(H,29,30)/t12-,14+,15+,17+,20+,21+,23+,24-/m1/s1. The van der Waals surface area contributed by atoms with Crippen LogP contribution in [0.15, 0.2) is 23.8 Å². The molecule has 0 aromatic heterocycles. The van der Waals surface area contributed by atoms with Gasteiger partial charge in [0.25, 0.3) is 0 Å². The quantitative estimate of drug-likeness (QED) is 0.430. The van der Waals surface area contributed by atoms with Gasteiger partial charge in [-0.2, -0.15) is 0 Å². The number of ether oxygens (including phenoxy) is 1. The van der Waals surface area contributed by atoms with Gasteiger partial charge in [0.05, 0.1) is 0 Å². The molecule has 0 aromatic carbocycles. The van der Waals surface area contributed by atoms with Gasteiger partial charge in [0, 0.05) is 35.5 Å². The molecule has 0 bridgehead atoms. The summed E-state index contributed by atoms with van der Waals surface area (Å²) in [4.78, 5) is 36.8. The van der Waals surface area contributed by atoms with Crippen LogP contribution in [0.1, 0.15) is 53.4 Å². The number of aliphatic hydroxyl groups is 2. The van der Waals surface area contributed by atoms with Crippen molar-refractivity contribution in [3.8, 4) is 0 Å². The average Bonchev–Trinajstić information content (AvgIpc) is 2.93. The topological polar surface area (TPSA) is 121 Å². The first kappa shape index (κ1) is 24.0. The second kappa shape index (κ2) is 6.95. The van der Waals surface area contributed by atoms with Crippen molar-refractivity contribution in [1.29, 1.82) is 0 Å². The fourth-order valence-electron chi connectivity index (χ4n) is 7.62. The molecule has 33 heavy (non-hydrogen) atoms.